The third kappa shape index (κ3) is 2.52. The third-order valence-corrected chi connectivity index (χ3v) is 6.69. The molecule has 0 aliphatic heterocycles. The number of nitrogens with one attached hydrogen (secondary N) is 1. The zero-order chi connectivity index (χ0) is 18.8. The monoisotopic (exact) mass is 353 g/mol. The first-order chi connectivity index (χ1) is 12.9. The van der Waals surface area contributed by atoms with Crippen LogP contribution < -0.4 is 0 Å². The summed E-state index contributed by atoms with van der Waals surface area (Å²) in [6.45, 7) is 9.55. The topological polar surface area (TPSA) is 15.8 Å². The van der Waals surface area contributed by atoms with E-state index >= 15 is 0 Å². The van der Waals surface area contributed by atoms with Crippen LogP contribution in [0.15, 0.2) is 60.7 Å². The minimum absolute atomic E-state index is 0.236. The van der Waals surface area contributed by atoms with Crippen molar-refractivity contribution in [3.63, 3.8) is 0 Å². The maximum absolute atomic E-state index is 3.66. The molecule has 1 aliphatic rings. The van der Waals surface area contributed by atoms with Crippen molar-refractivity contribution < 1.29 is 0 Å². The number of aromatic nitrogens is 1. The zero-order valence-corrected chi connectivity index (χ0v) is 16.7. The van der Waals surface area contributed by atoms with Crippen LogP contribution in [0, 0.1) is 0 Å². The summed E-state index contributed by atoms with van der Waals surface area (Å²) < 4.78 is 0. The lowest BCUT2D eigenvalue weighted by molar-refractivity contribution is 0.332. The number of H-pyrrole nitrogens is 1. The van der Waals surface area contributed by atoms with Crippen molar-refractivity contribution in [1.29, 1.82) is 0 Å². The Hall–Kier alpha value is -2.54. The van der Waals surface area contributed by atoms with Crippen molar-refractivity contribution in [3.05, 3.63) is 71.8 Å². The molecular formula is C26H27N. The lowest BCUT2D eigenvalue weighted by atomic mass is 9.63. The molecule has 0 amide bonds. The normalized spacial score (nSPS) is 17.9. The fraction of sp³-hybridized carbons (Fsp3) is 0.308. The van der Waals surface area contributed by atoms with Gasteiger partial charge in [0.2, 0.25) is 0 Å². The van der Waals surface area contributed by atoms with E-state index in [4.69, 9.17) is 0 Å². The minimum atomic E-state index is 0.236. The summed E-state index contributed by atoms with van der Waals surface area (Å²) in [4.78, 5) is 3.66. The summed E-state index contributed by atoms with van der Waals surface area (Å²) in [5, 5.41) is 3.92. The first kappa shape index (κ1) is 16.6. The van der Waals surface area contributed by atoms with E-state index < -0.39 is 0 Å². The van der Waals surface area contributed by atoms with Gasteiger partial charge < -0.3 is 4.98 Å². The van der Waals surface area contributed by atoms with Crippen LogP contribution in [0.2, 0.25) is 0 Å². The maximum Gasteiger partial charge on any atom is 0.0465 e. The van der Waals surface area contributed by atoms with Crippen molar-refractivity contribution in [2.75, 3.05) is 0 Å². The van der Waals surface area contributed by atoms with Crippen molar-refractivity contribution in [2.45, 2.75) is 51.4 Å². The van der Waals surface area contributed by atoms with Gasteiger partial charge in [-0.1, -0.05) is 70.2 Å². The number of hydrogen-bond donors (Lipinski definition) is 1. The molecule has 0 bridgehead atoms. The zero-order valence-electron chi connectivity index (χ0n) is 16.7. The van der Waals surface area contributed by atoms with Crippen molar-refractivity contribution in [2.24, 2.45) is 0 Å². The summed E-state index contributed by atoms with van der Waals surface area (Å²) in [6, 6.07) is 22.5. The molecule has 0 saturated carbocycles. The summed E-state index contributed by atoms with van der Waals surface area (Å²) in [5.74, 6) is 0. The van der Waals surface area contributed by atoms with Gasteiger partial charge in [0.1, 0.15) is 0 Å². The summed E-state index contributed by atoms with van der Waals surface area (Å²) >= 11 is 0. The molecule has 1 aromatic heterocycles. The van der Waals surface area contributed by atoms with Gasteiger partial charge in [-0.05, 0) is 69.3 Å². The molecule has 0 radical (unpaired) electrons. The average Bonchev–Trinajstić information content (AvgIpc) is 3.10. The molecule has 1 heteroatoms. The van der Waals surface area contributed by atoms with Crippen LogP contribution in [-0.4, -0.2) is 4.98 Å². The van der Waals surface area contributed by atoms with Crippen LogP contribution >= 0.6 is 0 Å². The van der Waals surface area contributed by atoms with E-state index in [1.165, 1.54) is 56.9 Å². The van der Waals surface area contributed by atoms with Crippen LogP contribution in [0.1, 0.15) is 51.7 Å². The number of fused-ring (bicyclic) bond motifs is 4. The molecular weight excluding hydrogens is 326 g/mol. The Morgan fingerprint density at radius 2 is 1.44 bits per heavy atom. The third-order valence-electron chi connectivity index (χ3n) is 6.69. The van der Waals surface area contributed by atoms with Gasteiger partial charge in [0.15, 0.2) is 0 Å². The molecule has 4 aromatic rings. The van der Waals surface area contributed by atoms with Gasteiger partial charge in [-0.15, -0.1) is 0 Å². The van der Waals surface area contributed by atoms with Crippen LogP contribution in [0.5, 0.6) is 0 Å². The van der Waals surface area contributed by atoms with Crippen molar-refractivity contribution in [3.8, 4) is 11.3 Å². The SMILES string of the molecule is CC1(C)CCC(C)(C)c2cc(-c3cc4c(ccc5ccccc54)[nH]3)ccc21. The largest absolute Gasteiger partial charge is 0.355 e. The standard InChI is InChI=1S/C26H27N/c1-25(2)13-14-26(3,4)22-15-18(9-11-21(22)25)24-16-20-19-8-6-5-7-17(19)10-12-23(20)27-24/h5-12,15-16,27H,13-14H2,1-4H3. The number of rotatable bonds is 1. The molecule has 0 unspecified atom stereocenters. The lowest BCUT2D eigenvalue weighted by Crippen LogP contribution is -2.33. The minimum Gasteiger partial charge on any atom is -0.355 e. The molecule has 1 aliphatic carbocycles. The van der Waals surface area contributed by atoms with E-state index in [2.05, 4.69) is 93.3 Å². The molecule has 5 rings (SSSR count). The average molecular weight is 354 g/mol. The fourth-order valence-electron chi connectivity index (χ4n) is 4.80. The van der Waals surface area contributed by atoms with Gasteiger partial charge in [0.05, 0.1) is 0 Å². The second kappa shape index (κ2) is 5.48. The molecule has 27 heavy (non-hydrogen) atoms. The van der Waals surface area contributed by atoms with E-state index in [-0.39, 0.29) is 10.8 Å². The molecule has 3 aromatic carbocycles. The highest BCUT2D eigenvalue weighted by Gasteiger charge is 2.37. The highest BCUT2D eigenvalue weighted by molar-refractivity contribution is 6.08. The Kier molecular flexibility index (Phi) is 3.37. The van der Waals surface area contributed by atoms with Gasteiger partial charge >= 0.3 is 0 Å². The number of benzene rings is 3. The van der Waals surface area contributed by atoms with Crippen LogP contribution in [0.3, 0.4) is 0 Å². The molecule has 1 N–H and O–H groups in total. The van der Waals surface area contributed by atoms with Crippen LogP contribution in [-0.2, 0) is 10.8 Å². The summed E-state index contributed by atoms with van der Waals surface area (Å²) in [5.41, 5.74) is 7.24. The van der Waals surface area contributed by atoms with E-state index in [9.17, 15) is 0 Å². The fourth-order valence-corrected chi connectivity index (χ4v) is 4.80. The van der Waals surface area contributed by atoms with E-state index in [0.29, 0.717) is 0 Å². The quantitative estimate of drug-likeness (QED) is 0.368. The molecule has 1 heterocycles. The van der Waals surface area contributed by atoms with Crippen molar-refractivity contribution in [1.82, 2.24) is 4.98 Å². The highest BCUT2D eigenvalue weighted by atomic mass is 14.7. The predicted octanol–water partition coefficient (Wildman–Crippen LogP) is 7.34. The van der Waals surface area contributed by atoms with Crippen LogP contribution in [0.4, 0.5) is 0 Å². The van der Waals surface area contributed by atoms with Gasteiger partial charge in [-0.3, -0.25) is 0 Å². The van der Waals surface area contributed by atoms with Gasteiger partial charge in [-0.25, -0.2) is 0 Å². The van der Waals surface area contributed by atoms with Gasteiger partial charge in [-0.2, -0.15) is 0 Å². The first-order valence-electron chi connectivity index (χ1n) is 10.0. The Morgan fingerprint density at radius 1 is 0.704 bits per heavy atom. The summed E-state index contributed by atoms with van der Waals surface area (Å²) in [7, 11) is 0. The molecule has 0 saturated heterocycles. The van der Waals surface area contributed by atoms with Crippen LogP contribution in [0.25, 0.3) is 32.9 Å². The molecule has 1 nitrogen and oxygen atoms in total. The smallest absolute Gasteiger partial charge is 0.0465 e. The van der Waals surface area contributed by atoms with Gasteiger partial charge in [0.25, 0.3) is 0 Å². The first-order valence-corrected chi connectivity index (χ1v) is 10.0. The Balaban J connectivity index is 1.70. The second-order valence-corrected chi connectivity index (χ2v) is 9.46. The second-order valence-electron chi connectivity index (χ2n) is 9.46. The maximum atomic E-state index is 3.66. The molecule has 0 atom stereocenters. The van der Waals surface area contributed by atoms with Gasteiger partial charge in [0, 0.05) is 16.6 Å². The predicted molar refractivity (Wildman–Crippen MR) is 117 cm³/mol. The lowest BCUT2D eigenvalue weighted by Gasteiger charge is -2.42. The number of aromatic amines is 1. The Morgan fingerprint density at radius 3 is 2.26 bits per heavy atom. The molecule has 136 valence electrons. The highest BCUT2D eigenvalue weighted by Crippen LogP contribution is 2.46. The Labute approximate surface area is 161 Å². The van der Waals surface area contributed by atoms with E-state index in [0.717, 1.165) is 0 Å². The Bertz CT molecular complexity index is 1170. The molecule has 0 spiro atoms. The number of hydrogen-bond acceptors (Lipinski definition) is 0. The van der Waals surface area contributed by atoms with E-state index in [1.807, 2.05) is 0 Å². The summed E-state index contributed by atoms with van der Waals surface area (Å²) in [6.07, 6.45) is 2.50. The van der Waals surface area contributed by atoms with Crippen molar-refractivity contribution >= 4 is 21.7 Å². The molecule has 0 fully saturated rings. The van der Waals surface area contributed by atoms with E-state index in [1.54, 1.807) is 0 Å².